The molecule has 2 aliphatic rings. The van der Waals surface area contributed by atoms with Gasteiger partial charge in [0.05, 0.1) is 30.6 Å². The molecule has 1 fully saturated rings. The number of rotatable bonds is 6. The van der Waals surface area contributed by atoms with Gasteiger partial charge in [-0.25, -0.2) is 9.37 Å². The van der Waals surface area contributed by atoms with Gasteiger partial charge in [-0.05, 0) is 61.8 Å². The van der Waals surface area contributed by atoms with Gasteiger partial charge in [-0.3, -0.25) is 14.5 Å². The number of hydrogen-bond donors (Lipinski definition) is 1. The first-order valence-electron chi connectivity index (χ1n) is 12.4. The van der Waals surface area contributed by atoms with Gasteiger partial charge in [0.1, 0.15) is 24.0 Å². The summed E-state index contributed by atoms with van der Waals surface area (Å²) in [5.41, 5.74) is 3.49. The molecule has 8 nitrogen and oxygen atoms in total. The van der Waals surface area contributed by atoms with E-state index in [0.717, 1.165) is 49.4 Å². The quantitative estimate of drug-likeness (QED) is 0.529. The van der Waals surface area contributed by atoms with E-state index < -0.39 is 0 Å². The average molecular weight is 495 g/mol. The van der Waals surface area contributed by atoms with Crippen molar-refractivity contribution in [2.75, 3.05) is 33.4 Å². The van der Waals surface area contributed by atoms with Crippen molar-refractivity contribution in [1.29, 1.82) is 0 Å². The number of fused-ring (bicyclic) bond motifs is 2. The molecule has 1 saturated heterocycles. The van der Waals surface area contributed by atoms with Crippen LogP contribution in [-0.4, -0.2) is 65.0 Å². The second-order valence-electron chi connectivity index (χ2n) is 9.52. The molecule has 0 unspecified atom stereocenters. The molecule has 0 bridgehead atoms. The predicted octanol–water partition coefficient (Wildman–Crippen LogP) is 3.44. The maximum Gasteiger partial charge on any atom is 0.308 e. The minimum Gasteiger partial charge on any atom is -0.491 e. The normalized spacial score (nSPS) is 16.9. The summed E-state index contributed by atoms with van der Waals surface area (Å²) >= 11 is 0. The first-order valence-corrected chi connectivity index (χ1v) is 12.4. The molecule has 0 atom stereocenters. The van der Waals surface area contributed by atoms with Gasteiger partial charge in [-0.1, -0.05) is 6.07 Å². The van der Waals surface area contributed by atoms with Crippen molar-refractivity contribution in [2.45, 2.75) is 38.8 Å². The molecule has 0 aliphatic carbocycles. The molecule has 5 rings (SSSR count). The van der Waals surface area contributed by atoms with E-state index in [1.807, 2.05) is 11.0 Å². The highest BCUT2D eigenvalue weighted by Crippen LogP contribution is 2.27. The Hall–Kier alpha value is -3.46. The molecule has 0 radical (unpaired) electrons. The molecule has 0 spiro atoms. The Morgan fingerprint density at radius 3 is 2.81 bits per heavy atom. The number of esters is 1. The number of ether oxygens (including phenoxy) is 2. The Bertz CT molecular complexity index is 1250. The van der Waals surface area contributed by atoms with E-state index in [1.54, 1.807) is 6.07 Å². The maximum atomic E-state index is 13.4. The standard InChI is InChI=1S/C27H31FN4O4/c1-35-27(34)19-8-10-31(11-9-19)16-18-2-5-24-20(14-18)17-32(12-13-36-24)26(33)7-6-25-29-22-4-3-21(28)15-23(22)30-25/h2-5,14-15,19H,6-13,16-17H2,1H3,(H,29,30). The summed E-state index contributed by atoms with van der Waals surface area (Å²) in [6.07, 6.45) is 2.39. The van der Waals surface area contributed by atoms with Gasteiger partial charge in [0.15, 0.2) is 0 Å². The Morgan fingerprint density at radius 2 is 2.00 bits per heavy atom. The van der Waals surface area contributed by atoms with Crippen molar-refractivity contribution in [2.24, 2.45) is 5.92 Å². The van der Waals surface area contributed by atoms with Crippen molar-refractivity contribution in [3.63, 3.8) is 0 Å². The number of aromatic nitrogens is 2. The minimum absolute atomic E-state index is 0.00741. The number of piperidine rings is 1. The Balaban J connectivity index is 1.19. The second-order valence-corrected chi connectivity index (χ2v) is 9.52. The number of methoxy groups -OCH3 is 1. The molecule has 2 aliphatic heterocycles. The van der Waals surface area contributed by atoms with Crippen LogP contribution >= 0.6 is 0 Å². The lowest BCUT2D eigenvalue weighted by Gasteiger charge is -2.30. The Morgan fingerprint density at radius 1 is 1.17 bits per heavy atom. The van der Waals surface area contributed by atoms with Gasteiger partial charge in [-0.15, -0.1) is 0 Å². The number of nitrogens with zero attached hydrogens (tertiary/aromatic N) is 3. The number of amides is 1. The van der Waals surface area contributed by atoms with Crippen LogP contribution in [0.25, 0.3) is 11.0 Å². The summed E-state index contributed by atoms with van der Waals surface area (Å²) in [7, 11) is 1.45. The monoisotopic (exact) mass is 494 g/mol. The lowest BCUT2D eigenvalue weighted by molar-refractivity contribution is -0.147. The molecule has 1 amide bonds. The van der Waals surface area contributed by atoms with Crippen molar-refractivity contribution in [1.82, 2.24) is 19.8 Å². The highest BCUT2D eigenvalue weighted by molar-refractivity contribution is 5.77. The van der Waals surface area contributed by atoms with Gasteiger partial charge >= 0.3 is 5.97 Å². The molecular weight excluding hydrogens is 463 g/mol. The third kappa shape index (κ3) is 5.51. The SMILES string of the molecule is COC(=O)C1CCN(Cc2ccc3c(c2)CN(C(=O)CCc2nc4ccc(F)cc4[nH]2)CCO3)CC1. The number of halogens is 1. The molecule has 3 aromatic rings. The number of imidazole rings is 1. The zero-order valence-electron chi connectivity index (χ0n) is 20.5. The molecule has 2 aromatic carbocycles. The van der Waals surface area contributed by atoms with E-state index >= 15 is 0 Å². The predicted molar refractivity (Wildman–Crippen MR) is 132 cm³/mol. The summed E-state index contributed by atoms with van der Waals surface area (Å²) in [4.78, 5) is 36.6. The highest BCUT2D eigenvalue weighted by atomic mass is 19.1. The van der Waals surface area contributed by atoms with Crippen LogP contribution in [0.2, 0.25) is 0 Å². The van der Waals surface area contributed by atoms with Crippen LogP contribution < -0.4 is 4.74 Å². The lowest BCUT2D eigenvalue weighted by Crippen LogP contribution is -2.36. The molecular formula is C27H31FN4O4. The lowest BCUT2D eigenvalue weighted by atomic mass is 9.96. The first-order chi connectivity index (χ1) is 17.5. The average Bonchev–Trinajstić information content (AvgIpc) is 3.17. The largest absolute Gasteiger partial charge is 0.491 e. The molecule has 190 valence electrons. The van der Waals surface area contributed by atoms with Gasteiger partial charge in [0.2, 0.25) is 5.91 Å². The van der Waals surface area contributed by atoms with Crippen molar-refractivity contribution in [3.05, 3.63) is 59.2 Å². The molecule has 1 aromatic heterocycles. The number of carbonyl (C=O) groups excluding carboxylic acids is 2. The first kappa shape index (κ1) is 24.2. The van der Waals surface area contributed by atoms with E-state index in [4.69, 9.17) is 9.47 Å². The Kier molecular flexibility index (Phi) is 7.18. The second kappa shape index (κ2) is 10.7. The summed E-state index contributed by atoms with van der Waals surface area (Å²) < 4.78 is 24.3. The zero-order valence-corrected chi connectivity index (χ0v) is 20.5. The number of aromatic amines is 1. The number of carbonyl (C=O) groups is 2. The number of H-pyrrole nitrogens is 1. The van der Waals surface area contributed by atoms with Crippen molar-refractivity contribution >= 4 is 22.9 Å². The van der Waals surface area contributed by atoms with E-state index in [0.29, 0.717) is 49.4 Å². The van der Waals surface area contributed by atoms with E-state index in [9.17, 15) is 14.0 Å². The highest BCUT2D eigenvalue weighted by Gasteiger charge is 2.26. The fraction of sp³-hybridized carbons (Fsp3) is 0.444. The van der Waals surface area contributed by atoms with Crippen LogP contribution in [0.1, 0.15) is 36.2 Å². The fourth-order valence-corrected chi connectivity index (χ4v) is 5.05. The molecule has 9 heteroatoms. The number of aryl methyl sites for hydroxylation is 1. The minimum atomic E-state index is -0.318. The van der Waals surface area contributed by atoms with Gasteiger partial charge in [0, 0.05) is 31.5 Å². The van der Waals surface area contributed by atoms with E-state index in [2.05, 4.69) is 27.0 Å². The smallest absolute Gasteiger partial charge is 0.308 e. The molecule has 0 saturated carbocycles. The van der Waals surface area contributed by atoms with Crippen LogP contribution in [0.5, 0.6) is 5.75 Å². The summed E-state index contributed by atoms with van der Waals surface area (Å²) in [6, 6.07) is 10.6. The summed E-state index contributed by atoms with van der Waals surface area (Å²) in [6.45, 7) is 3.97. The number of likely N-dealkylation sites (tertiary alicyclic amines) is 1. The van der Waals surface area contributed by atoms with Crippen LogP contribution in [0.15, 0.2) is 36.4 Å². The summed E-state index contributed by atoms with van der Waals surface area (Å²) in [5, 5.41) is 0. The van der Waals surface area contributed by atoms with Crippen LogP contribution in [0.3, 0.4) is 0 Å². The van der Waals surface area contributed by atoms with Gasteiger partial charge in [-0.2, -0.15) is 0 Å². The number of hydrogen-bond acceptors (Lipinski definition) is 6. The third-order valence-electron chi connectivity index (χ3n) is 7.05. The van der Waals surface area contributed by atoms with Crippen molar-refractivity contribution < 1.29 is 23.5 Å². The zero-order chi connectivity index (χ0) is 25.1. The topological polar surface area (TPSA) is 87.8 Å². The van der Waals surface area contributed by atoms with Crippen LogP contribution in [0.4, 0.5) is 4.39 Å². The Labute approximate surface area is 209 Å². The molecule has 36 heavy (non-hydrogen) atoms. The van der Waals surface area contributed by atoms with Crippen LogP contribution in [-0.2, 0) is 33.8 Å². The maximum absolute atomic E-state index is 13.4. The van der Waals surface area contributed by atoms with Crippen LogP contribution in [0, 0.1) is 11.7 Å². The third-order valence-corrected chi connectivity index (χ3v) is 7.05. The van der Waals surface area contributed by atoms with Gasteiger partial charge in [0.25, 0.3) is 0 Å². The molecule has 1 N–H and O–H groups in total. The van der Waals surface area contributed by atoms with Crippen molar-refractivity contribution in [3.8, 4) is 5.75 Å². The fourth-order valence-electron chi connectivity index (χ4n) is 5.05. The molecule has 3 heterocycles. The van der Waals surface area contributed by atoms with Gasteiger partial charge < -0.3 is 19.4 Å². The summed E-state index contributed by atoms with van der Waals surface area (Å²) in [5.74, 6) is 1.09. The van der Waals surface area contributed by atoms with E-state index in [1.165, 1.54) is 19.2 Å². The number of benzene rings is 2. The van der Waals surface area contributed by atoms with E-state index in [-0.39, 0.29) is 23.6 Å². The number of nitrogens with one attached hydrogen (secondary N) is 1.